The van der Waals surface area contributed by atoms with Gasteiger partial charge < -0.3 is 15.8 Å². The normalized spacial score (nSPS) is 17.2. The van der Waals surface area contributed by atoms with Gasteiger partial charge in [0.25, 0.3) is 5.91 Å². The van der Waals surface area contributed by atoms with Crippen molar-refractivity contribution in [1.29, 1.82) is 0 Å². The van der Waals surface area contributed by atoms with Crippen molar-refractivity contribution in [3.8, 4) is 0 Å². The van der Waals surface area contributed by atoms with E-state index in [0.717, 1.165) is 0 Å². The maximum atomic E-state index is 11.3. The molecule has 3 N–H and O–H groups in total. The van der Waals surface area contributed by atoms with Crippen molar-refractivity contribution in [3.05, 3.63) is 11.8 Å². The molecule has 0 aliphatic carbocycles. The van der Waals surface area contributed by atoms with E-state index in [1.54, 1.807) is 0 Å². The maximum absolute atomic E-state index is 11.3. The van der Waals surface area contributed by atoms with Crippen molar-refractivity contribution in [3.63, 3.8) is 0 Å². The molecule has 0 bridgehead atoms. The van der Waals surface area contributed by atoms with Crippen LogP contribution in [0.2, 0.25) is 0 Å². The van der Waals surface area contributed by atoms with E-state index in [9.17, 15) is 9.59 Å². The molecule has 1 unspecified atom stereocenters. The molecule has 0 aromatic heterocycles. The van der Waals surface area contributed by atoms with E-state index >= 15 is 0 Å². The molecule has 1 atom stereocenters. The molecule has 0 saturated heterocycles. The number of rotatable bonds is 3. The molecule has 0 fully saturated rings. The lowest BCUT2D eigenvalue weighted by atomic mass is 10.2. The molecule has 1 rings (SSSR count). The minimum Gasteiger partial charge on any atom is -0.500 e. The van der Waals surface area contributed by atoms with Crippen molar-refractivity contribution < 1.29 is 14.3 Å². The summed E-state index contributed by atoms with van der Waals surface area (Å²) in [5, 5.41) is 2.46. The van der Waals surface area contributed by atoms with Crippen LogP contribution in [0.4, 0.5) is 0 Å². The summed E-state index contributed by atoms with van der Waals surface area (Å²) in [6.07, 6.45) is 1.99. The second-order valence-electron chi connectivity index (χ2n) is 2.86. The van der Waals surface area contributed by atoms with Crippen LogP contribution in [-0.4, -0.2) is 24.5 Å². The van der Waals surface area contributed by atoms with Gasteiger partial charge in [0.1, 0.15) is 6.04 Å². The molecule has 13 heavy (non-hydrogen) atoms. The minimum atomic E-state index is -0.644. The smallest absolute Gasteiger partial charge is 0.251 e. The number of carbonyl (C=O) groups excluding carboxylic acids is 2. The fourth-order valence-corrected chi connectivity index (χ4v) is 0.915. The fourth-order valence-electron chi connectivity index (χ4n) is 0.915. The lowest BCUT2D eigenvalue weighted by Gasteiger charge is -2.09. The van der Waals surface area contributed by atoms with Crippen LogP contribution < -0.4 is 11.1 Å². The van der Waals surface area contributed by atoms with Crippen LogP contribution in [0.1, 0.15) is 13.3 Å². The lowest BCUT2D eigenvalue weighted by molar-refractivity contribution is -0.125. The molecule has 72 valence electrons. The number of hydrogen-bond acceptors (Lipinski definition) is 3. The average Bonchev–Trinajstić information content (AvgIpc) is 2.55. The zero-order chi connectivity index (χ0) is 9.84. The number of primary amides is 1. The van der Waals surface area contributed by atoms with Crippen LogP contribution in [0.15, 0.2) is 11.8 Å². The van der Waals surface area contributed by atoms with Gasteiger partial charge in [-0.05, 0) is 6.92 Å². The maximum Gasteiger partial charge on any atom is 0.251 e. The summed E-state index contributed by atoms with van der Waals surface area (Å²) in [5.41, 5.74) is 5.53. The van der Waals surface area contributed by atoms with E-state index < -0.39 is 11.9 Å². The van der Waals surface area contributed by atoms with Crippen LogP contribution in [0, 0.1) is 0 Å². The highest BCUT2D eigenvalue weighted by atomic mass is 16.5. The molecular weight excluding hydrogens is 172 g/mol. The summed E-state index contributed by atoms with van der Waals surface area (Å²) in [4.78, 5) is 21.9. The molecule has 2 amide bonds. The Balaban J connectivity index is 2.45. The third-order valence-electron chi connectivity index (χ3n) is 1.78. The summed E-state index contributed by atoms with van der Waals surface area (Å²) >= 11 is 0. The van der Waals surface area contributed by atoms with Crippen molar-refractivity contribution in [1.82, 2.24) is 5.32 Å². The topological polar surface area (TPSA) is 81.4 Å². The Bertz CT molecular complexity index is 260. The summed E-state index contributed by atoms with van der Waals surface area (Å²) in [5.74, 6) is -0.836. The Morgan fingerprint density at radius 2 is 2.38 bits per heavy atom. The Labute approximate surface area is 75.9 Å². The van der Waals surface area contributed by atoms with Crippen LogP contribution in [0.3, 0.4) is 0 Å². The van der Waals surface area contributed by atoms with E-state index in [-0.39, 0.29) is 5.91 Å². The number of amides is 2. The Hall–Kier alpha value is -1.52. The first-order valence-corrected chi connectivity index (χ1v) is 4.02. The lowest BCUT2D eigenvalue weighted by Crippen LogP contribution is -2.42. The molecule has 1 heterocycles. The van der Waals surface area contributed by atoms with Gasteiger partial charge in [-0.1, -0.05) is 0 Å². The zero-order valence-corrected chi connectivity index (χ0v) is 7.37. The third-order valence-corrected chi connectivity index (χ3v) is 1.78. The van der Waals surface area contributed by atoms with E-state index in [0.29, 0.717) is 18.6 Å². The van der Waals surface area contributed by atoms with E-state index in [1.165, 1.54) is 13.2 Å². The number of nitrogens with one attached hydrogen (secondary N) is 1. The van der Waals surface area contributed by atoms with Crippen molar-refractivity contribution in [2.24, 2.45) is 5.73 Å². The molecular formula is C8H12N2O3. The predicted molar refractivity (Wildman–Crippen MR) is 45.5 cm³/mol. The highest BCUT2D eigenvalue weighted by Gasteiger charge is 2.18. The Kier molecular flexibility index (Phi) is 2.89. The van der Waals surface area contributed by atoms with E-state index in [2.05, 4.69) is 5.32 Å². The molecule has 0 radical (unpaired) electrons. The number of ether oxygens (including phenoxy) is 1. The molecule has 0 spiro atoms. The van der Waals surface area contributed by atoms with Crippen LogP contribution in [0.5, 0.6) is 0 Å². The quantitative estimate of drug-likeness (QED) is 0.607. The third kappa shape index (κ3) is 2.47. The second kappa shape index (κ2) is 3.93. The highest BCUT2D eigenvalue weighted by molar-refractivity contribution is 5.96. The Morgan fingerprint density at radius 1 is 1.69 bits per heavy atom. The van der Waals surface area contributed by atoms with Gasteiger partial charge in [0.2, 0.25) is 5.91 Å². The summed E-state index contributed by atoms with van der Waals surface area (Å²) in [6.45, 7) is 2.06. The largest absolute Gasteiger partial charge is 0.500 e. The average molecular weight is 184 g/mol. The minimum absolute atomic E-state index is 0.288. The molecule has 5 nitrogen and oxygen atoms in total. The van der Waals surface area contributed by atoms with Gasteiger partial charge >= 0.3 is 0 Å². The zero-order valence-electron chi connectivity index (χ0n) is 7.37. The fraction of sp³-hybridized carbons (Fsp3) is 0.500. The SMILES string of the molecule is CC(NC(=O)C1=COCC1)C(N)=O. The first-order valence-electron chi connectivity index (χ1n) is 4.02. The highest BCUT2D eigenvalue weighted by Crippen LogP contribution is 2.09. The van der Waals surface area contributed by atoms with Crippen LogP contribution >= 0.6 is 0 Å². The van der Waals surface area contributed by atoms with Gasteiger partial charge in [-0.25, -0.2) is 0 Å². The van der Waals surface area contributed by atoms with Crippen LogP contribution in [-0.2, 0) is 14.3 Å². The van der Waals surface area contributed by atoms with Gasteiger partial charge in [0, 0.05) is 6.42 Å². The number of nitrogens with two attached hydrogens (primary N) is 1. The summed E-state index contributed by atoms with van der Waals surface area (Å²) in [6, 6.07) is -0.644. The van der Waals surface area contributed by atoms with E-state index in [4.69, 9.17) is 10.5 Å². The van der Waals surface area contributed by atoms with Crippen LogP contribution in [0.25, 0.3) is 0 Å². The van der Waals surface area contributed by atoms with Gasteiger partial charge in [-0.2, -0.15) is 0 Å². The van der Waals surface area contributed by atoms with E-state index in [1.807, 2.05) is 0 Å². The van der Waals surface area contributed by atoms with Crippen molar-refractivity contribution in [2.45, 2.75) is 19.4 Å². The van der Waals surface area contributed by atoms with Crippen molar-refractivity contribution in [2.75, 3.05) is 6.61 Å². The Morgan fingerprint density at radius 3 is 2.85 bits per heavy atom. The summed E-state index contributed by atoms with van der Waals surface area (Å²) in [7, 11) is 0. The number of hydrogen-bond donors (Lipinski definition) is 2. The second-order valence-corrected chi connectivity index (χ2v) is 2.86. The standard InChI is InChI=1S/C8H12N2O3/c1-5(7(9)11)10-8(12)6-2-3-13-4-6/h4-5H,2-3H2,1H3,(H2,9,11)(H,10,12). The molecule has 0 saturated carbocycles. The van der Waals surface area contributed by atoms with Crippen molar-refractivity contribution >= 4 is 11.8 Å². The van der Waals surface area contributed by atoms with Gasteiger partial charge in [0.15, 0.2) is 0 Å². The first kappa shape index (κ1) is 9.57. The molecule has 5 heteroatoms. The monoisotopic (exact) mass is 184 g/mol. The summed E-state index contributed by atoms with van der Waals surface area (Å²) < 4.78 is 4.88. The van der Waals surface area contributed by atoms with Gasteiger partial charge in [-0.3, -0.25) is 9.59 Å². The number of carbonyl (C=O) groups is 2. The predicted octanol–water partition coefficient (Wildman–Crippen LogP) is -0.719. The first-order chi connectivity index (χ1) is 6.11. The van der Waals surface area contributed by atoms with Gasteiger partial charge in [0.05, 0.1) is 18.4 Å². The molecule has 0 aromatic rings. The van der Waals surface area contributed by atoms with Gasteiger partial charge in [-0.15, -0.1) is 0 Å². The molecule has 0 aromatic carbocycles. The molecule has 1 aliphatic rings. The molecule has 1 aliphatic heterocycles.